The number of hydrogen-bond acceptors (Lipinski definition) is 4. The zero-order valence-corrected chi connectivity index (χ0v) is 14.2. The molecular weight excluding hydrogens is 349 g/mol. The predicted octanol–water partition coefficient (Wildman–Crippen LogP) is 3.57. The van der Waals surface area contributed by atoms with Gasteiger partial charge in [0.1, 0.15) is 5.75 Å². The highest BCUT2D eigenvalue weighted by molar-refractivity contribution is 7.85. The lowest BCUT2D eigenvalue weighted by molar-refractivity contribution is -0.243. The highest BCUT2D eigenvalue weighted by Gasteiger charge is 2.57. The summed E-state index contributed by atoms with van der Waals surface area (Å²) in [4.78, 5) is 11.9. The summed E-state index contributed by atoms with van der Waals surface area (Å²) in [7, 11) is -5.01. The van der Waals surface area contributed by atoms with Crippen LogP contribution in [0.3, 0.4) is 0 Å². The summed E-state index contributed by atoms with van der Waals surface area (Å²) in [6.45, 7) is 4.32. The Bertz CT molecular complexity index is 682. The maximum Gasteiger partial charge on any atom is 0.429 e. The van der Waals surface area contributed by atoms with E-state index in [0.717, 1.165) is 12.0 Å². The molecule has 9 heteroatoms. The summed E-state index contributed by atoms with van der Waals surface area (Å²) in [6, 6.07) is 5.82. The Kier molecular flexibility index (Phi) is 6.05. The summed E-state index contributed by atoms with van der Waals surface area (Å²) in [5.74, 6) is -2.88. The van der Waals surface area contributed by atoms with Crippen LogP contribution in [0.1, 0.15) is 49.0 Å². The number of esters is 1. The van der Waals surface area contributed by atoms with Crippen molar-refractivity contribution in [2.24, 2.45) is 0 Å². The van der Waals surface area contributed by atoms with Gasteiger partial charge >= 0.3 is 12.1 Å². The molecule has 0 aliphatic rings. The summed E-state index contributed by atoms with van der Waals surface area (Å²) < 4.78 is 74.0. The van der Waals surface area contributed by atoms with Gasteiger partial charge in [-0.3, -0.25) is 4.55 Å². The highest BCUT2D eigenvalue weighted by atomic mass is 32.2. The Morgan fingerprint density at radius 2 is 1.75 bits per heavy atom. The van der Waals surface area contributed by atoms with E-state index in [2.05, 4.69) is 4.74 Å². The Morgan fingerprint density at radius 1 is 1.25 bits per heavy atom. The molecule has 5 nitrogen and oxygen atoms in total. The zero-order valence-electron chi connectivity index (χ0n) is 13.4. The first-order valence-electron chi connectivity index (χ1n) is 7.14. The van der Waals surface area contributed by atoms with Gasteiger partial charge in [0.05, 0.1) is 5.56 Å². The van der Waals surface area contributed by atoms with Crippen LogP contribution >= 0.6 is 0 Å². The molecule has 136 valence electrons. The maximum atomic E-state index is 13.1. The lowest BCUT2D eigenvalue weighted by Crippen LogP contribution is -2.51. The number of carbonyl (C=O) groups excluding carboxylic acids is 1. The molecule has 0 aliphatic carbocycles. The molecule has 0 heterocycles. The lowest BCUT2D eigenvalue weighted by atomic mass is 9.97. The van der Waals surface area contributed by atoms with Crippen molar-refractivity contribution < 1.29 is 35.7 Å². The number of halogens is 3. The monoisotopic (exact) mass is 368 g/mol. The molecule has 0 radical (unpaired) electrons. The molecule has 1 N–H and O–H groups in total. The average Bonchev–Trinajstić information content (AvgIpc) is 2.43. The first kappa shape index (κ1) is 20.4. The largest absolute Gasteiger partial charge is 0.445 e. The van der Waals surface area contributed by atoms with Crippen LogP contribution in [0.15, 0.2) is 24.3 Å². The molecule has 2 atom stereocenters. The third-order valence-electron chi connectivity index (χ3n) is 3.70. The van der Waals surface area contributed by atoms with Crippen LogP contribution < -0.4 is 0 Å². The van der Waals surface area contributed by atoms with E-state index in [1.54, 1.807) is 12.1 Å². The van der Waals surface area contributed by atoms with Crippen molar-refractivity contribution in [3.63, 3.8) is 0 Å². The number of alkyl halides is 3. The molecule has 2 unspecified atom stereocenters. The van der Waals surface area contributed by atoms with Crippen molar-refractivity contribution in [1.29, 1.82) is 0 Å². The first-order chi connectivity index (χ1) is 10.8. The molecule has 0 bridgehead atoms. The van der Waals surface area contributed by atoms with Gasteiger partial charge in [-0.05, 0) is 37.0 Å². The quantitative estimate of drug-likeness (QED) is 0.613. The fraction of sp³-hybridized carbons (Fsp3) is 0.533. The third-order valence-corrected chi connectivity index (χ3v) is 4.62. The van der Waals surface area contributed by atoms with Crippen LogP contribution in [-0.2, 0) is 14.9 Å². The Hall–Kier alpha value is -1.61. The second-order valence-corrected chi connectivity index (χ2v) is 7.23. The van der Waals surface area contributed by atoms with E-state index in [4.69, 9.17) is 4.55 Å². The minimum Gasteiger partial charge on any atom is -0.445 e. The number of carbonyl (C=O) groups is 1. The van der Waals surface area contributed by atoms with Gasteiger partial charge in [0.2, 0.25) is 5.60 Å². The van der Waals surface area contributed by atoms with Gasteiger partial charge in [-0.2, -0.15) is 21.6 Å². The topological polar surface area (TPSA) is 80.7 Å². The molecule has 1 aromatic rings. The molecular formula is C15H19F3O5S. The normalized spacial score (nSPS) is 16.3. The summed E-state index contributed by atoms with van der Waals surface area (Å²) in [6.07, 6.45) is -4.32. The van der Waals surface area contributed by atoms with Gasteiger partial charge in [0.15, 0.2) is 0 Å². The Balaban J connectivity index is 3.05. The van der Waals surface area contributed by atoms with Crippen LogP contribution in [0.5, 0.6) is 0 Å². The van der Waals surface area contributed by atoms with Crippen molar-refractivity contribution in [3.8, 4) is 0 Å². The number of rotatable bonds is 6. The van der Waals surface area contributed by atoms with Crippen molar-refractivity contribution in [2.45, 2.75) is 44.9 Å². The van der Waals surface area contributed by atoms with Gasteiger partial charge in [0, 0.05) is 0 Å². The van der Waals surface area contributed by atoms with E-state index in [-0.39, 0.29) is 11.5 Å². The molecule has 0 aromatic heterocycles. The van der Waals surface area contributed by atoms with Gasteiger partial charge in [-0.1, -0.05) is 26.0 Å². The zero-order chi connectivity index (χ0) is 18.8. The van der Waals surface area contributed by atoms with Gasteiger partial charge in [0.25, 0.3) is 10.1 Å². The molecule has 1 rings (SSSR count). The van der Waals surface area contributed by atoms with E-state index in [9.17, 15) is 26.4 Å². The summed E-state index contributed by atoms with van der Waals surface area (Å²) >= 11 is 0. The van der Waals surface area contributed by atoms with Gasteiger partial charge in [-0.25, -0.2) is 4.79 Å². The van der Waals surface area contributed by atoms with Crippen molar-refractivity contribution >= 4 is 16.1 Å². The van der Waals surface area contributed by atoms with Crippen LogP contribution in [-0.4, -0.2) is 36.5 Å². The van der Waals surface area contributed by atoms with E-state index >= 15 is 0 Å². The van der Waals surface area contributed by atoms with Gasteiger partial charge < -0.3 is 4.74 Å². The van der Waals surface area contributed by atoms with E-state index in [1.807, 2.05) is 13.8 Å². The Morgan fingerprint density at radius 3 is 2.12 bits per heavy atom. The molecule has 0 fully saturated rings. The fourth-order valence-corrected chi connectivity index (χ4v) is 2.88. The van der Waals surface area contributed by atoms with Crippen LogP contribution in [0.2, 0.25) is 0 Å². The minimum atomic E-state index is -5.17. The van der Waals surface area contributed by atoms with Crippen LogP contribution in [0.4, 0.5) is 13.2 Å². The second-order valence-electron chi connectivity index (χ2n) is 5.78. The van der Waals surface area contributed by atoms with Crippen molar-refractivity contribution in [2.75, 3.05) is 5.75 Å². The minimum absolute atomic E-state index is 0.145. The number of benzene rings is 1. The third kappa shape index (κ3) is 5.20. The summed E-state index contributed by atoms with van der Waals surface area (Å²) in [5, 5.41) is 0. The predicted molar refractivity (Wildman–Crippen MR) is 81.4 cm³/mol. The van der Waals surface area contributed by atoms with Crippen molar-refractivity contribution in [3.05, 3.63) is 35.4 Å². The van der Waals surface area contributed by atoms with E-state index in [1.165, 1.54) is 12.1 Å². The van der Waals surface area contributed by atoms with E-state index < -0.39 is 33.6 Å². The van der Waals surface area contributed by atoms with Crippen LogP contribution in [0.25, 0.3) is 0 Å². The van der Waals surface area contributed by atoms with Gasteiger partial charge in [-0.15, -0.1) is 0 Å². The molecule has 0 saturated heterocycles. The highest BCUT2D eigenvalue weighted by Crippen LogP contribution is 2.35. The van der Waals surface area contributed by atoms with E-state index in [0.29, 0.717) is 6.92 Å². The van der Waals surface area contributed by atoms with Crippen LogP contribution in [0, 0.1) is 0 Å². The standard InChI is InChI=1S/C15H19F3O5S/c1-4-10(2)11-5-7-12(8-6-11)13(19)23-14(3,15(16,17)18)9-24(20,21)22/h5-8,10H,4,9H2,1-3H3,(H,20,21,22). The average molecular weight is 368 g/mol. The molecule has 0 aliphatic heterocycles. The first-order valence-corrected chi connectivity index (χ1v) is 8.75. The molecule has 1 aromatic carbocycles. The molecule has 0 spiro atoms. The number of ether oxygens (including phenoxy) is 1. The summed E-state index contributed by atoms with van der Waals surface area (Å²) in [5.41, 5.74) is -2.59. The Labute approximate surface area is 138 Å². The second kappa shape index (κ2) is 7.10. The maximum absolute atomic E-state index is 13.1. The smallest absolute Gasteiger partial charge is 0.429 e. The fourth-order valence-electron chi connectivity index (χ4n) is 1.96. The molecule has 0 amide bonds. The molecule has 0 saturated carbocycles. The number of hydrogen-bond donors (Lipinski definition) is 1. The SMILES string of the molecule is CCC(C)c1ccc(C(=O)OC(C)(CS(=O)(=O)O)C(F)(F)F)cc1. The van der Waals surface area contributed by atoms with Crippen molar-refractivity contribution in [1.82, 2.24) is 0 Å². The lowest BCUT2D eigenvalue weighted by Gasteiger charge is -2.30. The molecule has 24 heavy (non-hydrogen) atoms.